The number of nitrogens with two attached hydrogens (primary N) is 1. The van der Waals surface area contributed by atoms with Gasteiger partial charge in [0.15, 0.2) is 46.1 Å². The number of carbonyl (C=O) groups is 2. The maximum atomic E-state index is 14.9. The topological polar surface area (TPSA) is 199 Å². The molecular weight excluding hydrogens is 1040 g/mol. The molecule has 2 aromatic carbocycles. The van der Waals surface area contributed by atoms with Gasteiger partial charge in [-0.05, 0) is 107 Å². The Balaban J connectivity index is 0.000000253. The number of nitrogens with zero attached hydrogens (tertiary/aromatic N) is 4. The maximum absolute atomic E-state index is 14.9. The molecule has 0 aliphatic carbocycles. The number of aromatic nitrogens is 4. The van der Waals surface area contributed by atoms with Gasteiger partial charge in [-0.1, -0.05) is 0 Å². The molecular formula is C42H34Br2F8N6O9. The van der Waals surface area contributed by atoms with Crippen LogP contribution in [0.1, 0.15) is 43.2 Å². The predicted molar refractivity (Wildman–Crippen MR) is 230 cm³/mol. The summed E-state index contributed by atoms with van der Waals surface area (Å²) in [6.45, 7) is 6.27. The number of nitrogen functional groups attached to an aromatic ring is 1. The number of nitrogens with one attached hydrogen (secondary N) is 1. The second kappa shape index (κ2) is 22.4. The van der Waals surface area contributed by atoms with Crippen LogP contribution in [0.4, 0.5) is 46.5 Å². The fourth-order valence-electron chi connectivity index (χ4n) is 5.12. The lowest BCUT2D eigenvalue weighted by Crippen LogP contribution is -2.17. The second-order valence-electron chi connectivity index (χ2n) is 13.2. The van der Waals surface area contributed by atoms with Crippen LogP contribution in [0, 0.1) is 39.3 Å². The molecule has 0 unspecified atom stereocenters. The number of hydrogen-bond donors (Lipinski definition) is 3. The van der Waals surface area contributed by atoms with Crippen molar-refractivity contribution in [3.8, 4) is 46.0 Å². The zero-order valence-corrected chi connectivity index (χ0v) is 38.5. The van der Waals surface area contributed by atoms with Crippen LogP contribution in [0.25, 0.3) is 0 Å². The van der Waals surface area contributed by atoms with Crippen LogP contribution in [-0.4, -0.2) is 63.9 Å². The van der Waals surface area contributed by atoms with Crippen molar-refractivity contribution in [2.75, 3.05) is 25.3 Å². The minimum atomic E-state index is -4.90. The molecule has 6 aromatic rings. The van der Waals surface area contributed by atoms with E-state index in [1.165, 1.54) is 27.2 Å². The van der Waals surface area contributed by atoms with Gasteiger partial charge in [-0.25, -0.2) is 23.5 Å². The summed E-state index contributed by atoms with van der Waals surface area (Å²) in [5.74, 6) is -6.80. The van der Waals surface area contributed by atoms with Crippen molar-refractivity contribution in [2.24, 2.45) is 0 Å². The van der Waals surface area contributed by atoms with Gasteiger partial charge in [-0.3, -0.25) is 14.8 Å². The Hall–Kier alpha value is -7.02. The zero-order chi connectivity index (χ0) is 50.0. The van der Waals surface area contributed by atoms with Crippen molar-refractivity contribution in [1.82, 2.24) is 19.9 Å². The van der Waals surface area contributed by atoms with E-state index in [1.54, 1.807) is 25.3 Å². The highest BCUT2D eigenvalue weighted by atomic mass is 79.9. The molecule has 0 saturated heterocycles. The summed E-state index contributed by atoms with van der Waals surface area (Å²) in [5, 5.41) is 11.7. The molecule has 0 aliphatic rings. The third-order valence-electron chi connectivity index (χ3n) is 8.37. The Morgan fingerprint density at radius 3 is 1.46 bits per heavy atom. The molecule has 0 aliphatic heterocycles. The number of rotatable bonds is 11. The van der Waals surface area contributed by atoms with E-state index in [2.05, 4.69) is 66.6 Å². The third-order valence-corrected chi connectivity index (χ3v) is 9.23. The Morgan fingerprint density at radius 1 is 0.612 bits per heavy atom. The van der Waals surface area contributed by atoms with E-state index in [0.29, 0.717) is 15.9 Å². The quantitative estimate of drug-likeness (QED) is 0.0817. The normalized spacial score (nSPS) is 10.9. The van der Waals surface area contributed by atoms with Crippen molar-refractivity contribution >= 4 is 55.1 Å². The van der Waals surface area contributed by atoms with Crippen molar-refractivity contribution in [3.05, 3.63) is 128 Å². The fourth-order valence-corrected chi connectivity index (χ4v) is 5.80. The average Bonchev–Trinajstić information content (AvgIpc) is 3.23. The van der Waals surface area contributed by atoms with Crippen LogP contribution < -0.4 is 39.5 Å². The Kier molecular flexibility index (Phi) is 17.6. The van der Waals surface area contributed by atoms with E-state index in [0.717, 1.165) is 71.8 Å². The number of pyridine rings is 4. The first-order valence-corrected chi connectivity index (χ1v) is 20.0. The minimum absolute atomic E-state index is 0.0546. The summed E-state index contributed by atoms with van der Waals surface area (Å²) < 4.78 is 133. The SMILES string of the molecule is COc1cc(OC(F)(F)F)ccc1Oc1cnc(C)c(F)c1C(=O)Nc1cc(Br)ncc1C.COc1cc(OC(F)(F)F)ccc1Oc1cnc(C)c(F)c1C(=O)O.Cc1cnc(Br)cc1N. The number of aryl methyl sites for hydroxylation is 4. The highest BCUT2D eigenvalue weighted by molar-refractivity contribution is 9.10. The number of ether oxygens (including phenoxy) is 6. The standard InChI is InChI=1S/C21H16BrF4N3O4.C15H11F4NO5.C6H7BrN2/c1-10-8-28-17(22)7-13(10)29-20(30)18-16(9-27-11(2)19(18)23)32-14-5-4-12(6-15(14)31-3)33-21(24,25)26;1-7-13(16)12(14(21)22)11(6-20-7)24-9-4-3-8(5-10(9)23-2)25-15(17,18)19;1-4-3-9-6(7)2-5(4)8/h4-9H,1-3H3,(H,28,29,30);3-6H,1-2H3,(H,21,22);2-3H,1H3,(H2,8,9). The van der Waals surface area contributed by atoms with Gasteiger partial charge in [0.05, 0.1) is 38.0 Å². The van der Waals surface area contributed by atoms with Gasteiger partial charge in [0.25, 0.3) is 5.91 Å². The van der Waals surface area contributed by atoms with E-state index in [9.17, 15) is 44.7 Å². The molecule has 15 nitrogen and oxygen atoms in total. The Bertz CT molecular complexity index is 2770. The van der Waals surface area contributed by atoms with Crippen molar-refractivity contribution in [2.45, 2.75) is 40.4 Å². The number of aromatic carboxylic acids is 1. The van der Waals surface area contributed by atoms with E-state index in [4.69, 9.17) is 29.8 Å². The highest BCUT2D eigenvalue weighted by Gasteiger charge is 2.33. The zero-order valence-electron chi connectivity index (χ0n) is 35.3. The number of halogens is 10. The minimum Gasteiger partial charge on any atom is -0.493 e. The van der Waals surface area contributed by atoms with Crippen LogP contribution in [0.15, 0.2) is 82.5 Å². The smallest absolute Gasteiger partial charge is 0.493 e. The molecule has 67 heavy (non-hydrogen) atoms. The maximum Gasteiger partial charge on any atom is 0.573 e. The van der Waals surface area contributed by atoms with Gasteiger partial charge in [-0.15, -0.1) is 26.3 Å². The molecule has 4 heterocycles. The summed E-state index contributed by atoms with van der Waals surface area (Å²) in [7, 11) is 2.36. The number of amides is 1. The summed E-state index contributed by atoms with van der Waals surface area (Å²) in [6, 6.07) is 9.27. The first kappa shape index (κ1) is 52.6. The van der Waals surface area contributed by atoms with Gasteiger partial charge in [-0.2, -0.15) is 0 Å². The molecule has 4 aromatic heterocycles. The monoisotopic (exact) mass is 1080 g/mol. The first-order chi connectivity index (χ1) is 31.3. The lowest BCUT2D eigenvalue weighted by atomic mass is 10.1. The number of carboxylic acid groups (broad SMARTS) is 1. The molecule has 0 fully saturated rings. The molecule has 0 bridgehead atoms. The number of carbonyl (C=O) groups excluding carboxylic acids is 1. The predicted octanol–water partition coefficient (Wildman–Crippen LogP) is 11.6. The van der Waals surface area contributed by atoms with Gasteiger partial charge in [0, 0.05) is 35.9 Å². The van der Waals surface area contributed by atoms with Gasteiger partial charge in [0.2, 0.25) is 0 Å². The second-order valence-corrected chi connectivity index (χ2v) is 14.8. The van der Waals surface area contributed by atoms with Gasteiger partial charge < -0.3 is 44.6 Å². The Morgan fingerprint density at radius 2 is 1.04 bits per heavy atom. The summed E-state index contributed by atoms with van der Waals surface area (Å²) in [5.41, 5.74) is 6.93. The number of methoxy groups -OCH3 is 2. The van der Waals surface area contributed by atoms with Crippen LogP contribution in [0.2, 0.25) is 0 Å². The molecule has 1 amide bonds. The van der Waals surface area contributed by atoms with Crippen LogP contribution in [0.3, 0.4) is 0 Å². The number of carboxylic acids is 1. The van der Waals surface area contributed by atoms with E-state index in [-0.39, 0.29) is 40.1 Å². The number of alkyl halides is 6. The van der Waals surface area contributed by atoms with Crippen LogP contribution in [0.5, 0.6) is 46.0 Å². The van der Waals surface area contributed by atoms with Crippen molar-refractivity contribution < 1.29 is 78.2 Å². The summed E-state index contributed by atoms with van der Waals surface area (Å²) >= 11 is 6.41. The van der Waals surface area contributed by atoms with Gasteiger partial charge >= 0.3 is 18.7 Å². The van der Waals surface area contributed by atoms with Crippen LogP contribution in [-0.2, 0) is 0 Å². The number of hydrogen-bond acceptors (Lipinski definition) is 13. The third kappa shape index (κ3) is 15.0. The molecule has 0 spiro atoms. The molecule has 0 atom stereocenters. The van der Waals surface area contributed by atoms with Gasteiger partial charge in [0.1, 0.15) is 31.8 Å². The molecule has 6 rings (SSSR count). The van der Waals surface area contributed by atoms with Crippen molar-refractivity contribution in [1.29, 1.82) is 0 Å². The lowest BCUT2D eigenvalue weighted by Gasteiger charge is -2.16. The molecule has 0 radical (unpaired) electrons. The summed E-state index contributed by atoms with van der Waals surface area (Å²) in [6.07, 6.45) is -4.43. The fraction of sp³-hybridized carbons (Fsp3) is 0.190. The molecule has 0 saturated carbocycles. The molecule has 356 valence electrons. The average molecular weight is 1080 g/mol. The summed E-state index contributed by atoms with van der Waals surface area (Å²) in [4.78, 5) is 39.7. The van der Waals surface area contributed by atoms with Crippen LogP contribution >= 0.6 is 31.9 Å². The number of anilines is 2. The van der Waals surface area contributed by atoms with E-state index < -0.39 is 64.6 Å². The molecule has 25 heteroatoms. The largest absolute Gasteiger partial charge is 0.573 e. The van der Waals surface area contributed by atoms with Crippen molar-refractivity contribution in [3.63, 3.8) is 0 Å². The lowest BCUT2D eigenvalue weighted by molar-refractivity contribution is -0.275. The van der Waals surface area contributed by atoms with E-state index in [1.807, 2.05) is 6.92 Å². The molecule has 4 N–H and O–H groups in total. The Labute approximate surface area is 391 Å². The first-order valence-electron chi connectivity index (χ1n) is 18.4. The highest BCUT2D eigenvalue weighted by Crippen LogP contribution is 2.40. The van der Waals surface area contributed by atoms with E-state index >= 15 is 0 Å². The number of benzene rings is 2.